The molecule has 0 amide bonds. The van der Waals surface area contributed by atoms with Crippen LogP contribution in [0.4, 0.5) is 0 Å². The van der Waals surface area contributed by atoms with Crippen LogP contribution >= 0.6 is 0 Å². The Balaban J connectivity index is 2.15. The van der Waals surface area contributed by atoms with Crippen LogP contribution in [-0.4, -0.2) is 0 Å². The molecule has 0 aliphatic heterocycles. The van der Waals surface area contributed by atoms with Gasteiger partial charge in [0.1, 0.15) is 0 Å². The molecule has 1 radical (unpaired) electrons. The minimum atomic E-state index is 1.17. The van der Waals surface area contributed by atoms with Gasteiger partial charge in [-0.2, -0.15) is 0 Å². The summed E-state index contributed by atoms with van der Waals surface area (Å²) in [5.74, 6) is 0. The number of hydrogen-bond acceptors (Lipinski definition) is 0. The fraction of sp³-hybridized carbons (Fsp3) is 0.250. The Kier molecular flexibility index (Phi) is 1.59. The van der Waals surface area contributed by atoms with Crippen molar-refractivity contribution in [3.05, 3.63) is 58.7 Å². The molecule has 0 heteroatoms. The average molecular weight is 205 g/mol. The van der Waals surface area contributed by atoms with Crippen molar-refractivity contribution < 1.29 is 0 Å². The molecule has 0 aromatic heterocycles. The Morgan fingerprint density at radius 1 is 0.750 bits per heavy atom. The van der Waals surface area contributed by atoms with Crippen LogP contribution < -0.4 is 0 Å². The zero-order chi connectivity index (χ0) is 10.5. The summed E-state index contributed by atoms with van der Waals surface area (Å²) in [5.41, 5.74) is 9.13. The van der Waals surface area contributed by atoms with Crippen molar-refractivity contribution in [2.24, 2.45) is 0 Å². The van der Waals surface area contributed by atoms with Crippen LogP contribution in [0.1, 0.15) is 22.3 Å². The van der Waals surface area contributed by atoms with Gasteiger partial charge in [0, 0.05) is 0 Å². The molecule has 0 heterocycles. The zero-order valence-electron chi connectivity index (χ0n) is 9.22. The number of hydrogen-bond donors (Lipinski definition) is 0. The second-order valence-corrected chi connectivity index (χ2v) is 4.81. The van der Waals surface area contributed by atoms with Gasteiger partial charge >= 0.3 is 0 Å². The predicted octanol–water partition coefficient (Wildman–Crippen LogP) is 3.35. The topological polar surface area (TPSA) is 0 Å². The minimum Gasteiger partial charge on any atom is -0.0617 e. The van der Waals surface area contributed by atoms with Crippen molar-refractivity contribution in [1.82, 2.24) is 0 Å². The van der Waals surface area contributed by atoms with E-state index in [2.05, 4.69) is 36.4 Å². The van der Waals surface area contributed by atoms with E-state index >= 15 is 0 Å². The molecule has 0 saturated heterocycles. The van der Waals surface area contributed by atoms with Gasteiger partial charge in [0.2, 0.25) is 0 Å². The van der Waals surface area contributed by atoms with Gasteiger partial charge in [0.05, 0.1) is 0 Å². The van der Waals surface area contributed by atoms with E-state index in [1.165, 1.54) is 42.4 Å². The first-order chi connectivity index (χ1) is 7.93. The Morgan fingerprint density at radius 2 is 1.44 bits per heavy atom. The monoisotopic (exact) mass is 205 g/mol. The molecule has 0 unspecified atom stereocenters. The molecular weight excluding hydrogens is 192 g/mol. The molecule has 0 bridgehead atoms. The minimum absolute atomic E-state index is 1.17. The molecule has 0 spiro atoms. The van der Waals surface area contributed by atoms with Gasteiger partial charge in [-0.25, -0.2) is 0 Å². The maximum absolute atomic E-state index is 3.43. The lowest BCUT2D eigenvalue weighted by atomic mass is 9.76. The third-order valence-electron chi connectivity index (χ3n) is 3.96. The van der Waals surface area contributed by atoms with E-state index in [-0.39, 0.29) is 0 Å². The molecule has 0 nitrogen and oxygen atoms in total. The zero-order valence-corrected chi connectivity index (χ0v) is 9.22. The van der Waals surface area contributed by atoms with Crippen LogP contribution in [0.5, 0.6) is 0 Å². The summed E-state index contributed by atoms with van der Waals surface area (Å²) in [5, 5.41) is 0. The molecule has 0 atom stereocenters. The number of rotatable bonds is 0. The highest BCUT2D eigenvalue weighted by Crippen LogP contribution is 2.41. The third-order valence-corrected chi connectivity index (χ3v) is 3.96. The quantitative estimate of drug-likeness (QED) is 0.618. The summed E-state index contributed by atoms with van der Waals surface area (Å²) in [4.78, 5) is 0. The van der Waals surface area contributed by atoms with E-state index in [0.29, 0.717) is 0 Å². The second-order valence-electron chi connectivity index (χ2n) is 4.81. The van der Waals surface area contributed by atoms with Crippen LogP contribution in [0.25, 0.3) is 11.1 Å². The molecule has 2 aromatic carbocycles. The predicted molar refractivity (Wildman–Crippen MR) is 65.5 cm³/mol. The van der Waals surface area contributed by atoms with Crippen LogP contribution in [0.3, 0.4) is 0 Å². The summed E-state index contributed by atoms with van der Waals surface area (Å²) in [6.07, 6.45) is 4.77. The van der Waals surface area contributed by atoms with E-state index in [1.807, 2.05) is 0 Å². The lowest BCUT2D eigenvalue weighted by Gasteiger charge is -2.28. The van der Waals surface area contributed by atoms with Gasteiger partial charge in [-0.05, 0) is 65.1 Å². The molecule has 2 aliphatic rings. The number of benzene rings is 2. The molecule has 77 valence electrons. The Morgan fingerprint density at radius 3 is 2.25 bits per heavy atom. The highest BCUT2D eigenvalue weighted by atomic mass is 14.3. The van der Waals surface area contributed by atoms with Gasteiger partial charge in [-0.3, -0.25) is 0 Å². The molecule has 0 fully saturated rings. The van der Waals surface area contributed by atoms with Gasteiger partial charge in [0.15, 0.2) is 0 Å². The second kappa shape index (κ2) is 2.98. The van der Waals surface area contributed by atoms with Gasteiger partial charge in [-0.15, -0.1) is 0 Å². The van der Waals surface area contributed by atoms with E-state index in [4.69, 9.17) is 0 Å². The Labute approximate surface area is 95.9 Å². The van der Waals surface area contributed by atoms with Crippen molar-refractivity contribution in [3.8, 4) is 11.1 Å². The Hall–Kier alpha value is -1.56. The average Bonchev–Trinajstić information content (AvgIpc) is 2.36. The fourth-order valence-electron chi connectivity index (χ4n) is 3.23. The lowest BCUT2D eigenvalue weighted by molar-refractivity contribution is 0.875. The van der Waals surface area contributed by atoms with E-state index in [0.717, 1.165) is 0 Å². The highest BCUT2D eigenvalue weighted by Gasteiger charge is 2.24. The van der Waals surface area contributed by atoms with Crippen molar-refractivity contribution >= 4 is 0 Å². The van der Waals surface area contributed by atoms with Crippen LogP contribution in [0, 0.1) is 6.07 Å². The van der Waals surface area contributed by atoms with E-state index in [1.54, 1.807) is 16.7 Å². The number of aryl methyl sites for hydroxylation is 4. The maximum atomic E-state index is 3.43. The highest BCUT2D eigenvalue weighted by molar-refractivity contribution is 5.80. The van der Waals surface area contributed by atoms with Crippen LogP contribution in [0.2, 0.25) is 0 Å². The van der Waals surface area contributed by atoms with E-state index < -0.39 is 0 Å². The molecule has 4 rings (SSSR count). The smallest absolute Gasteiger partial charge is 0.0108 e. The van der Waals surface area contributed by atoms with Crippen molar-refractivity contribution in [3.63, 3.8) is 0 Å². The first-order valence-electron chi connectivity index (χ1n) is 6.07. The summed E-state index contributed by atoms with van der Waals surface area (Å²) in [6, 6.07) is 14.6. The van der Waals surface area contributed by atoms with Crippen LogP contribution in [-0.2, 0) is 25.7 Å². The molecule has 2 aliphatic carbocycles. The molecule has 2 aromatic rings. The lowest BCUT2D eigenvalue weighted by Crippen LogP contribution is -2.13. The SMILES string of the molecule is [c]1ccc2c3c1CCc1cccc(c1-3)CC2. The van der Waals surface area contributed by atoms with Crippen molar-refractivity contribution in [1.29, 1.82) is 0 Å². The maximum Gasteiger partial charge on any atom is -0.0108 e. The molecule has 16 heavy (non-hydrogen) atoms. The first kappa shape index (κ1) is 8.58. The standard InChI is InChI=1S/C16H13/c1-3-11-7-9-13-5-2-6-14-10-8-12(4-1)15(11)16(13)14/h1-5H,7-10H2. The first-order valence-corrected chi connectivity index (χ1v) is 6.07. The molecule has 0 saturated carbocycles. The molecular formula is C16H13. The van der Waals surface area contributed by atoms with Gasteiger partial charge in [-0.1, -0.05) is 30.3 Å². The fourth-order valence-corrected chi connectivity index (χ4v) is 3.23. The normalized spacial score (nSPS) is 15.8. The summed E-state index contributed by atoms with van der Waals surface area (Å²) < 4.78 is 0. The van der Waals surface area contributed by atoms with Gasteiger partial charge < -0.3 is 0 Å². The van der Waals surface area contributed by atoms with Crippen molar-refractivity contribution in [2.45, 2.75) is 25.7 Å². The Bertz CT molecular complexity index is 481. The summed E-state index contributed by atoms with van der Waals surface area (Å²) in [7, 11) is 0. The summed E-state index contributed by atoms with van der Waals surface area (Å²) in [6.45, 7) is 0. The van der Waals surface area contributed by atoms with Crippen molar-refractivity contribution in [2.75, 3.05) is 0 Å². The van der Waals surface area contributed by atoms with Gasteiger partial charge in [0.25, 0.3) is 0 Å². The summed E-state index contributed by atoms with van der Waals surface area (Å²) >= 11 is 0. The van der Waals surface area contributed by atoms with E-state index in [9.17, 15) is 0 Å². The largest absolute Gasteiger partial charge is 0.0617 e. The third kappa shape index (κ3) is 0.996. The molecule has 0 N–H and O–H groups in total. The van der Waals surface area contributed by atoms with Crippen LogP contribution in [0.15, 0.2) is 30.3 Å².